The van der Waals surface area contributed by atoms with Gasteiger partial charge in [0.05, 0.1) is 6.54 Å². The lowest BCUT2D eigenvalue weighted by molar-refractivity contribution is -0.116. The van der Waals surface area contributed by atoms with Gasteiger partial charge in [0.15, 0.2) is 0 Å². The minimum atomic E-state index is -4.23. The van der Waals surface area contributed by atoms with Crippen LogP contribution >= 0.6 is 22.6 Å². The highest BCUT2D eigenvalue weighted by Crippen LogP contribution is 2.21. The molecule has 0 bridgehead atoms. The first-order chi connectivity index (χ1) is 13.9. The van der Waals surface area contributed by atoms with Crippen LogP contribution in [0.4, 0.5) is 10.1 Å². The highest BCUT2D eigenvalue weighted by atomic mass is 127. The fourth-order valence-corrected chi connectivity index (χ4v) is 4.51. The monoisotopic (exact) mass is 524 g/mol. The Kier molecular flexibility index (Phi) is 6.99. The number of benzene rings is 3. The normalized spacial score (nSPS) is 11.4. The molecule has 3 rings (SSSR count). The molecule has 150 valence electrons. The molecule has 3 aromatic rings. The van der Waals surface area contributed by atoms with Crippen LogP contribution < -0.4 is 5.32 Å². The van der Waals surface area contributed by atoms with Crippen LogP contribution in [-0.4, -0.2) is 25.2 Å². The number of carbonyl (C=O) groups is 1. The highest BCUT2D eigenvalue weighted by Gasteiger charge is 2.29. The number of carbonyl (C=O) groups excluding carboxylic acids is 1. The van der Waals surface area contributed by atoms with Gasteiger partial charge in [0.1, 0.15) is 10.7 Å². The summed E-state index contributed by atoms with van der Waals surface area (Å²) in [5.41, 5.74) is 1.24. The van der Waals surface area contributed by atoms with Crippen molar-refractivity contribution in [2.45, 2.75) is 11.4 Å². The maximum atomic E-state index is 14.2. The zero-order valence-corrected chi connectivity index (χ0v) is 18.2. The van der Waals surface area contributed by atoms with E-state index in [2.05, 4.69) is 27.9 Å². The quantitative estimate of drug-likeness (QED) is 0.470. The molecule has 0 aromatic heterocycles. The smallest absolute Gasteiger partial charge is 0.246 e. The summed E-state index contributed by atoms with van der Waals surface area (Å²) in [4.78, 5) is 12.1. The van der Waals surface area contributed by atoms with E-state index in [9.17, 15) is 17.6 Å². The molecule has 8 heteroatoms. The Balaban J connectivity index is 1.87. The van der Waals surface area contributed by atoms with Gasteiger partial charge in [0.2, 0.25) is 15.9 Å². The third-order valence-corrected chi connectivity index (χ3v) is 6.65. The molecule has 3 aromatic carbocycles. The summed E-state index contributed by atoms with van der Waals surface area (Å²) >= 11 is 2.15. The summed E-state index contributed by atoms with van der Waals surface area (Å²) in [5.74, 6) is -1.37. The van der Waals surface area contributed by atoms with Gasteiger partial charge in [0.25, 0.3) is 0 Å². The number of amides is 1. The Labute approximate surface area is 182 Å². The molecule has 0 unspecified atom stereocenters. The Bertz CT molecular complexity index is 1090. The molecule has 0 fully saturated rings. The van der Waals surface area contributed by atoms with Gasteiger partial charge in [-0.2, -0.15) is 4.31 Å². The lowest BCUT2D eigenvalue weighted by Crippen LogP contribution is -2.38. The number of rotatable bonds is 7. The first-order valence-electron chi connectivity index (χ1n) is 8.70. The standard InChI is InChI=1S/C21H18FIN2O3S/c22-19-8-4-5-9-20(19)29(27,28)25(14-16-6-2-1-3-7-16)15-21(26)24-18-12-10-17(23)11-13-18/h1-13H,14-15H2,(H,24,26). The van der Waals surface area contributed by atoms with Crippen molar-refractivity contribution >= 4 is 44.2 Å². The summed E-state index contributed by atoms with van der Waals surface area (Å²) < 4.78 is 42.4. The van der Waals surface area contributed by atoms with E-state index in [-0.39, 0.29) is 6.54 Å². The lowest BCUT2D eigenvalue weighted by Gasteiger charge is -2.22. The zero-order chi connectivity index (χ0) is 20.9. The van der Waals surface area contributed by atoms with Gasteiger partial charge in [0, 0.05) is 15.8 Å². The maximum absolute atomic E-state index is 14.2. The van der Waals surface area contributed by atoms with Crippen LogP contribution in [0.1, 0.15) is 5.56 Å². The average molecular weight is 524 g/mol. The third kappa shape index (κ3) is 5.62. The minimum absolute atomic E-state index is 0.0579. The van der Waals surface area contributed by atoms with Crippen LogP contribution in [0.5, 0.6) is 0 Å². The predicted molar refractivity (Wildman–Crippen MR) is 118 cm³/mol. The molecule has 0 aliphatic heterocycles. The second kappa shape index (κ2) is 9.47. The zero-order valence-electron chi connectivity index (χ0n) is 15.3. The van der Waals surface area contributed by atoms with E-state index < -0.39 is 33.2 Å². The summed E-state index contributed by atoms with van der Waals surface area (Å²) in [6.45, 7) is -0.505. The van der Waals surface area contributed by atoms with Crippen LogP contribution in [0.15, 0.2) is 83.8 Å². The first-order valence-corrected chi connectivity index (χ1v) is 11.2. The van der Waals surface area contributed by atoms with Crippen molar-refractivity contribution in [3.8, 4) is 0 Å². The van der Waals surface area contributed by atoms with Crippen LogP contribution in [0.3, 0.4) is 0 Å². The fourth-order valence-electron chi connectivity index (χ4n) is 2.70. The van der Waals surface area contributed by atoms with E-state index in [0.29, 0.717) is 11.3 Å². The van der Waals surface area contributed by atoms with Crippen LogP contribution in [-0.2, 0) is 21.4 Å². The van der Waals surface area contributed by atoms with Gasteiger partial charge < -0.3 is 5.32 Å². The van der Waals surface area contributed by atoms with Crippen molar-refractivity contribution < 1.29 is 17.6 Å². The van der Waals surface area contributed by atoms with Crippen molar-refractivity contribution in [2.24, 2.45) is 0 Å². The van der Waals surface area contributed by atoms with Gasteiger partial charge in [-0.15, -0.1) is 0 Å². The maximum Gasteiger partial charge on any atom is 0.246 e. The van der Waals surface area contributed by atoms with Crippen molar-refractivity contribution in [1.82, 2.24) is 4.31 Å². The molecule has 5 nitrogen and oxygen atoms in total. The second-order valence-corrected chi connectivity index (χ2v) is 9.40. The molecular weight excluding hydrogens is 506 g/mol. The third-order valence-electron chi connectivity index (χ3n) is 4.10. The van der Waals surface area contributed by atoms with E-state index in [4.69, 9.17) is 0 Å². The van der Waals surface area contributed by atoms with Gasteiger partial charge in [-0.25, -0.2) is 12.8 Å². The van der Waals surface area contributed by atoms with E-state index in [1.54, 1.807) is 36.4 Å². The van der Waals surface area contributed by atoms with Gasteiger partial charge in [-0.3, -0.25) is 4.79 Å². The molecule has 0 saturated carbocycles. The Morgan fingerprint density at radius 1 is 0.931 bits per heavy atom. The molecule has 0 radical (unpaired) electrons. The van der Waals surface area contributed by atoms with Gasteiger partial charge in [-0.05, 0) is 64.6 Å². The van der Waals surface area contributed by atoms with Crippen molar-refractivity contribution in [2.75, 3.05) is 11.9 Å². The number of hydrogen-bond acceptors (Lipinski definition) is 3. The van der Waals surface area contributed by atoms with E-state index in [0.717, 1.165) is 13.9 Å². The van der Waals surface area contributed by atoms with E-state index in [1.165, 1.54) is 18.2 Å². The summed E-state index contributed by atoms with van der Waals surface area (Å²) in [7, 11) is -4.23. The number of hydrogen-bond donors (Lipinski definition) is 1. The molecule has 0 aliphatic carbocycles. The molecule has 0 spiro atoms. The van der Waals surface area contributed by atoms with E-state index >= 15 is 0 Å². The van der Waals surface area contributed by atoms with Crippen LogP contribution in [0.25, 0.3) is 0 Å². The number of sulfonamides is 1. The molecule has 0 heterocycles. The predicted octanol–water partition coefficient (Wildman–Crippen LogP) is 4.26. The number of halogens is 2. The number of anilines is 1. The molecule has 0 saturated heterocycles. The molecule has 1 N–H and O–H groups in total. The average Bonchev–Trinajstić information content (AvgIpc) is 2.70. The highest BCUT2D eigenvalue weighted by molar-refractivity contribution is 14.1. The Hall–Kier alpha value is -2.30. The van der Waals surface area contributed by atoms with Crippen molar-refractivity contribution in [1.29, 1.82) is 0 Å². The Morgan fingerprint density at radius 3 is 2.21 bits per heavy atom. The minimum Gasteiger partial charge on any atom is -0.325 e. The molecule has 29 heavy (non-hydrogen) atoms. The fraction of sp³-hybridized carbons (Fsp3) is 0.0952. The largest absolute Gasteiger partial charge is 0.325 e. The topological polar surface area (TPSA) is 66.5 Å². The van der Waals surface area contributed by atoms with Gasteiger partial charge >= 0.3 is 0 Å². The molecule has 1 amide bonds. The first kappa shape index (κ1) is 21.4. The second-order valence-electron chi connectivity index (χ2n) is 6.24. The number of nitrogens with zero attached hydrogens (tertiary/aromatic N) is 1. The van der Waals surface area contributed by atoms with Crippen LogP contribution in [0.2, 0.25) is 0 Å². The van der Waals surface area contributed by atoms with E-state index in [1.807, 2.05) is 18.2 Å². The van der Waals surface area contributed by atoms with Crippen molar-refractivity contribution in [3.05, 3.63) is 93.8 Å². The van der Waals surface area contributed by atoms with Crippen LogP contribution in [0, 0.1) is 9.39 Å². The van der Waals surface area contributed by atoms with Gasteiger partial charge in [-0.1, -0.05) is 42.5 Å². The molecule has 0 atom stereocenters. The summed E-state index contributed by atoms with van der Waals surface area (Å²) in [6, 6.07) is 21.1. The lowest BCUT2D eigenvalue weighted by atomic mass is 10.2. The molecule has 0 aliphatic rings. The summed E-state index contributed by atoms with van der Waals surface area (Å²) in [6.07, 6.45) is 0. The number of nitrogens with one attached hydrogen (secondary N) is 1. The Morgan fingerprint density at radius 2 is 1.55 bits per heavy atom. The SMILES string of the molecule is O=C(CN(Cc1ccccc1)S(=O)(=O)c1ccccc1F)Nc1ccc(I)cc1. The molecular formula is C21H18FIN2O3S. The summed E-state index contributed by atoms with van der Waals surface area (Å²) in [5, 5.41) is 2.68. The van der Waals surface area contributed by atoms with Crippen molar-refractivity contribution in [3.63, 3.8) is 0 Å².